The molecule has 2 aromatic rings. The molecule has 1 atom stereocenters. The SMILES string of the molecule is CCc1ccc(NC(=O)[C@H](C)N2CCN(CCOc3ccc(OC)cc3)CC2)cc1. The van der Waals surface area contributed by atoms with Crippen molar-refractivity contribution in [2.75, 3.05) is 51.8 Å². The van der Waals surface area contributed by atoms with Gasteiger partial charge >= 0.3 is 0 Å². The van der Waals surface area contributed by atoms with Crippen molar-refractivity contribution >= 4 is 11.6 Å². The van der Waals surface area contributed by atoms with Crippen LogP contribution in [0.1, 0.15) is 19.4 Å². The van der Waals surface area contributed by atoms with Crippen LogP contribution in [0, 0.1) is 0 Å². The van der Waals surface area contributed by atoms with Crippen molar-refractivity contribution in [2.24, 2.45) is 0 Å². The van der Waals surface area contributed by atoms with E-state index in [-0.39, 0.29) is 11.9 Å². The van der Waals surface area contributed by atoms with Crippen molar-refractivity contribution in [3.05, 3.63) is 54.1 Å². The van der Waals surface area contributed by atoms with Gasteiger partial charge in [0.1, 0.15) is 18.1 Å². The van der Waals surface area contributed by atoms with Gasteiger partial charge in [-0.1, -0.05) is 19.1 Å². The number of ether oxygens (including phenoxy) is 2. The average molecular weight is 412 g/mol. The van der Waals surface area contributed by atoms with Crippen molar-refractivity contribution in [2.45, 2.75) is 26.3 Å². The number of hydrogen-bond acceptors (Lipinski definition) is 5. The van der Waals surface area contributed by atoms with E-state index in [0.717, 1.165) is 56.3 Å². The maximum Gasteiger partial charge on any atom is 0.241 e. The lowest BCUT2D eigenvalue weighted by Gasteiger charge is -2.37. The molecule has 3 rings (SSSR count). The molecule has 1 amide bonds. The van der Waals surface area contributed by atoms with Gasteiger partial charge in [-0.2, -0.15) is 0 Å². The van der Waals surface area contributed by atoms with Crippen molar-refractivity contribution in [3.63, 3.8) is 0 Å². The largest absolute Gasteiger partial charge is 0.497 e. The van der Waals surface area contributed by atoms with E-state index in [1.54, 1.807) is 7.11 Å². The fraction of sp³-hybridized carbons (Fsp3) is 0.458. The van der Waals surface area contributed by atoms with Gasteiger partial charge in [-0.3, -0.25) is 14.6 Å². The summed E-state index contributed by atoms with van der Waals surface area (Å²) in [6, 6.07) is 15.6. The summed E-state index contributed by atoms with van der Waals surface area (Å²) in [5.41, 5.74) is 2.13. The zero-order valence-electron chi connectivity index (χ0n) is 18.3. The highest BCUT2D eigenvalue weighted by molar-refractivity contribution is 5.94. The van der Waals surface area contributed by atoms with Crippen molar-refractivity contribution in [1.82, 2.24) is 9.80 Å². The van der Waals surface area contributed by atoms with Crippen LogP contribution in [-0.2, 0) is 11.2 Å². The molecule has 30 heavy (non-hydrogen) atoms. The summed E-state index contributed by atoms with van der Waals surface area (Å²) < 4.78 is 11.0. The Morgan fingerprint density at radius 3 is 2.23 bits per heavy atom. The van der Waals surface area contributed by atoms with Crippen molar-refractivity contribution in [1.29, 1.82) is 0 Å². The summed E-state index contributed by atoms with van der Waals surface area (Å²) >= 11 is 0. The number of nitrogens with one attached hydrogen (secondary N) is 1. The fourth-order valence-electron chi connectivity index (χ4n) is 3.58. The second-order valence-electron chi connectivity index (χ2n) is 7.62. The lowest BCUT2D eigenvalue weighted by molar-refractivity contribution is -0.121. The second kappa shape index (κ2) is 11.0. The first-order valence-electron chi connectivity index (χ1n) is 10.7. The number of anilines is 1. The van der Waals surface area contributed by atoms with Crippen LogP contribution in [-0.4, -0.2) is 68.2 Å². The molecule has 1 fully saturated rings. The molecule has 1 aliphatic rings. The van der Waals surface area contributed by atoms with Crippen molar-refractivity contribution in [3.8, 4) is 11.5 Å². The third kappa shape index (κ3) is 6.21. The predicted octanol–water partition coefficient (Wildman–Crippen LogP) is 3.28. The molecule has 2 aromatic carbocycles. The summed E-state index contributed by atoms with van der Waals surface area (Å²) in [6.45, 7) is 9.28. The Morgan fingerprint density at radius 2 is 1.63 bits per heavy atom. The third-order valence-electron chi connectivity index (χ3n) is 5.70. The highest BCUT2D eigenvalue weighted by Gasteiger charge is 2.25. The molecule has 1 N–H and O–H groups in total. The van der Waals surface area contributed by atoms with E-state index < -0.39 is 0 Å². The number of hydrogen-bond donors (Lipinski definition) is 1. The molecule has 6 heteroatoms. The van der Waals surface area contributed by atoms with E-state index in [1.807, 2.05) is 43.3 Å². The van der Waals surface area contributed by atoms with E-state index in [1.165, 1.54) is 5.56 Å². The summed E-state index contributed by atoms with van der Waals surface area (Å²) in [6.07, 6.45) is 1.00. The summed E-state index contributed by atoms with van der Waals surface area (Å²) in [7, 11) is 1.66. The molecule has 0 saturated carbocycles. The molecule has 0 spiro atoms. The molecule has 6 nitrogen and oxygen atoms in total. The van der Waals surface area contributed by atoms with Gasteiger partial charge in [0, 0.05) is 38.4 Å². The summed E-state index contributed by atoms with van der Waals surface area (Å²) in [5, 5.41) is 3.04. The number of aryl methyl sites for hydroxylation is 1. The van der Waals surface area contributed by atoms with Gasteiger partial charge in [0.15, 0.2) is 0 Å². The molecule has 0 aliphatic carbocycles. The maximum absolute atomic E-state index is 12.6. The standard InChI is InChI=1S/C24H33N3O3/c1-4-20-5-7-21(8-6-20)25-24(28)19(2)27-15-13-26(14-16-27)17-18-30-23-11-9-22(29-3)10-12-23/h5-12,19H,4,13-18H2,1-3H3,(H,25,28)/t19-/m0/s1. The highest BCUT2D eigenvalue weighted by atomic mass is 16.5. The Balaban J connectivity index is 1.37. The van der Waals surface area contributed by atoms with Crippen LogP contribution in [0.2, 0.25) is 0 Å². The quantitative estimate of drug-likeness (QED) is 0.686. The Bertz CT molecular complexity index is 784. The van der Waals surface area contributed by atoms with Crippen LogP contribution in [0.25, 0.3) is 0 Å². The minimum atomic E-state index is -0.145. The number of nitrogens with zero attached hydrogens (tertiary/aromatic N) is 2. The van der Waals surface area contributed by atoms with E-state index in [9.17, 15) is 4.79 Å². The average Bonchev–Trinajstić information content (AvgIpc) is 2.80. The third-order valence-corrected chi connectivity index (χ3v) is 5.70. The van der Waals surface area contributed by atoms with E-state index in [0.29, 0.717) is 6.61 Å². The minimum Gasteiger partial charge on any atom is -0.497 e. The van der Waals surface area contributed by atoms with Crippen LogP contribution in [0.5, 0.6) is 11.5 Å². The number of piperazine rings is 1. The Labute approximate surface area is 179 Å². The van der Waals surface area contributed by atoms with Crippen LogP contribution < -0.4 is 14.8 Å². The Hall–Kier alpha value is -2.57. The van der Waals surface area contributed by atoms with Crippen LogP contribution in [0.3, 0.4) is 0 Å². The Kier molecular flexibility index (Phi) is 8.11. The molecule has 0 bridgehead atoms. The predicted molar refractivity (Wildman–Crippen MR) is 120 cm³/mol. The number of carbonyl (C=O) groups excluding carboxylic acids is 1. The molecule has 1 aliphatic heterocycles. The van der Waals surface area contributed by atoms with Gasteiger partial charge in [-0.25, -0.2) is 0 Å². The number of methoxy groups -OCH3 is 1. The fourth-order valence-corrected chi connectivity index (χ4v) is 3.58. The normalized spacial score (nSPS) is 16.1. The summed E-state index contributed by atoms with van der Waals surface area (Å²) in [5.74, 6) is 1.73. The van der Waals surface area contributed by atoms with Gasteiger partial charge < -0.3 is 14.8 Å². The topological polar surface area (TPSA) is 54.0 Å². The Morgan fingerprint density at radius 1 is 1.00 bits per heavy atom. The number of amides is 1. The van der Waals surface area contributed by atoms with Gasteiger partial charge in [0.05, 0.1) is 13.2 Å². The monoisotopic (exact) mass is 411 g/mol. The van der Waals surface area contributed by atoms with Gasteiger partial charge in [0.2, 0.25) is 5.91 Å². The molecule has 1 heterocycles. The van der Waals surface area contributed by atoms with Gasteiger partial charge in [0.25, 0.3) is 0 Å². The lowest BCUT2D eigenvalue weighted by Crippen LogP contribution is -2.53. The smallest absolute Gasteiger partial charge is 0.241 e. The molecule has 162 valence electrons. The van der Waals surface area contributed by atoms with E-state index in [2.05, 4.69) is 34.2 Å². The second-order valence-corrected chi connectivity index (χ2v) is 7.62. The lowest BCUT2D eigenvalue weighted by atomic mass is 10.1. The first-order valence-corrected chi connectivity index (χ1v) is 10.7. The van der Waals surface area contributed by atoms with Crippen LogP contribution in [0.4, 0.5) is 5.69 Å². The molecule has 0 radical (unpaired) electrons. The zero-order valence-corrected chi connectivity index (χ0v) is 18.3. The summed E-state index contributed by atoms with van der Waals surface area (Å²) in [4.78, 5) is 17.3. The van der Waals surface area contributed by atoms with Crippen LogP contribution >= 0.6 is 0 Å². The first kappa shape index (κ1) is 22.1. The van der Waals surface area contributed by atoms with E-state index in [4.69, 9.17) is 9.47 Å². The highest BCUT2D eigenvalue weighted by Crippen LogP contribution is 2.17. The number of carbonyl (C=O) groups is 1. The molecule has 0 aromatic heterocycles. The molecular formula is C24H33N3O3. The van der Waals surface area contributed by atoms with Gasteiger partial charge in [-0.15, -0.1) is 0 Å². The zero-order chi connectivity index (χ0) is 21.3. The number of rotatable bonds is 9. The number of benzene rings is 2. The minimum absolute atomic E-state index is 0.0514. The van der Waals surface area contributed by atoms with Gasteiger partial charge in [-0.05, 0) is 55.3 Å². The maximum atomic E-state index is 12.6. The van der Waals surface area contributed by atoms with Crippen LogP contribution in [0.15, 0.2) is 48.5 Å². The molecule has 1 saturated heterocycles. The molecule has 0 unspecified atom stereocenters. The van der Waals surface area contributed by atoms with Crippen molar-refractivity contribution < 1.29 is 14.3 Å². The molecular weight excluding hydrogens is 378 g/mol. The first-order chi connectivity index (χ1) is 14.6. The van der Waals surface area contributed by atoms with E-state index >= 15 is 0 Å².